The van der Waals surface area contributed by atoms with Crippen LogP contribution in [0.4, 0.5) is 11.4 Å². The minimum absolute atomic E-state index is 0.0326. The third kappa shape index (κ3) is 3.70. The molecule has 0 bridgehead atoms. The smallest absolute Gasteiger partial charge is 0.285 e. The number of nitrogens with zero attached hydrogens (tertiary/aromatic N) is 2. The lowest BCUT2D eigenvalue weighted by Crippen LogP contribution is -2.15. The summed E-state index contributed by atoms with van der Waals surface area (Å²) in [5.74, 6) is -0.219. The van der Waals surface area contributed by atoms with E-state index >= 15 is 0 Å². The van der Waals surface area contributed by atoms with Crippen LogP contribution in [0.5, 0.6) is 5.75 Å². The molecule has 138 valence electrons. The number of amides is 1. The number of pyridine rings is 1. The lowest BCUT2D eigenvalue weighted by Gasteiger charge is -2.11. The number of nitrogens with one attached hydrogen (secondary N) is 1. The average Bonchev–Trinajstić information content (AvgIpc) is 2.67. The van der Waals surface area contributed by atoms with Gasteiger partial charge in [0.25, 0.3) is 11.6 Å². The minimum atomic E-state index is -0.590. The SMILES string of the molecule is COc1cc([N+](=O)[O-])c(C(=O)Nc2cccc3ccc(C)nc23)cc1SC. The van der Waals surface area contributed by atoms with Crippen molar-refractivity contribution in [3.63, 3.8) is 0 Å². The number of hydrogen-bond acceptors (Lipinski definition) is 6. The highest BCUT2D eigenvalue weighted by Crippen LogP contribution is 2.35. The van der Waals surface area contributed by atoms with E-state index in [0.29, 0.717) is 21.8 Å². The Kier molecular flexibility index (Phi) is 5.27. The summed E-state index contributed by atoms with van der Waals surface area (Å²) in [6, 6.07) is 11.9. The van der Waals surface area contributed by atoms with E-state index in [9.17, 15) is 14.9 Å². The van der Waals surface area contributed by atoms with Gasteiger partial charge >= 0.3 is 0 Å². The third-order valence-corrected chi connectivity index (χ3v) is 4.81. The highest BCUT2D eigenvalue weighted by atomic mass is 32.2. The number of nitro groups is 1. The maximum atomic E-state index is 12.8. The molecule has 0 radical (unpaired) electrons. The van der Waals surface area contributed by atoms with Crippen LogP contribution in [0.2, 0.25) is 0 Å². The van der Waals surface area contributed by atoms with Crippen LogP contribution in [0.3, 0.4) is 0 Å². The highest BCUT2D eigenvalue weighted by Gasteiger charge is 2.24. The molecule has 0 atom stereocenters. The molecule has 1 heterocycles. The van der Waals surface area contributed by atoms with Crippen LogP contribution in [0.1, 0.15) is 16.1 Å². The van der Waals surface area contributed by atoms with Gasteiger partial charge in [0.2, 0.25) is 0 Å². The van der Waals surface area contributed by atoms with Crippen molar-refractivity contribution < 1.29 is 14.5 Å². The first-order valence-corrected chi connectivity index (χ1v) is 9.25. The molecular weight excluding hydrogens is 366 g/mol. The van der Waals surface area contributed by atoms with E-state index in [4.69, 9.17) is 4.74 Å². The first-order valence-electron chi connectivity index (χ1n) is 8.02. The molecule has 0 spiro atoms. The number of methoxy groups -OCH3 is 1. The number of thioether (sulfide) groups is 1. The van der Waals surface area contributed by atoms with Crippen molar-refractivity contribution in [2.75, 3.05) is 18.7 Å². The number of carbonyl (C=O) groups excluding carboxylic acids is 1. The molecule has 0 saturated carbocycles. The van der Waals surface area contributed by atoms with Gasteiger partial charge in [-0.05, 0) is 31.4 Å². The van der Waals surface area contributed by atoms with Gasteiger partial charge in [-0.3, -0.25) is 19.9 Å². The monoisotopic (exact) mass is 383 g/mol. The molecule has 2 aromatic carbocycles. The van der Waals surface area contributed by atoms with E-state index in [0.717, 1.165) is 11.1 Å². The van der Waals surface area contributed by atoms with Crippen molar-refractivity contribution in [3.05, 3.63) is 63.8 Å². The Hall–Kier alpha value is -3.13. The third-order valence-electron chi connectivity index (χ3n) is 4.05. The zero-order chi connectivity index (χ0) is 19.6. The van der Waals surface area contributed by atoms with Crippen molar-refractivity contribution in [2.24, 2.45) is 0 Å². The molecule has 1 N–H and O–H groups in total. The summed E-state index contributed by atoms with van der Waals surface area (Å²) >= 11 is 1.34. The number of para-hydroxylation sites is 1. The summed E-state index contributed by atoms with van der Waals surface area (Å²) in [4.78, 5) is 28.8. The molecular formula is C19H17N3O4S. The average molecular weight is 383 g/mol. The zero-order valence-electron chi connectivity index (χ0n) is 15.0. The second-order valence-corrected chi connectivity index (χ2v) is 6.61. The van der Waals surface area contributed by atoms with Crippen LogP contribution in [-0.4, -0.2) is 29.2 Å². The first-order chi connectivity index (χ1) is 12.9. The second kappa shape index (κ2) is 7.63. The Morgan fingerprint density at radius 2 is 2.04 bits per heavy atom. The number of rotatable bonds is 5. The lowest BCUT2D eigenvalue weighted by molar-refractivity contribution is -0.385. The number of benzene rings is 2. The molecule has 27 heavy (non-hydrogen) atoms. The predicted molar refractivity (Wildman–Crippen MR) is 106 cm³/mol. The van der Waals surface area contributed by atoms with E-state index in [1.54, 1.807) is 12.1 Å². The lowest BCUT2D eigenvalue weighted by atomic mass is 10.1. The van der Waals surface area contributed by atoms with Crippen molar-refractivity contribution in [1.29, 1.82) is 0 Å². The van der Waals surface area contributed by atoms with Gasteiger partial charge in [-0.1, -0.05) is 18.2 Å². The van der Waals surface area contributed by atoms with Gasteiger partial charge < -0.3 is 10.1 Å². The highest BCUT2D eigenvalue weighted by molar-refractivity contribution is 7.98. The molecule has 3 rings (SSSR count). The number of aromatic nitrogens is 1. The minimum Gasteiger partial charge on any atom is -0.495 e. The van der Waals surface area contributed by atoms with Gasteiger partial charge in [0.1, 0.15) is 11.3 Å². The number of ether oxygens (including phenoxy) is 1. The number of hydrogen-bond donors (Lipinski definition) is 1. The van der Waals surface area contributed by atoms with Gasteiger partial charge in [0.15, 0.2) is 0 Å². The van der Waals surface area contributed by atoms with Crippen LogP contribution >= 0.6 is 11.8 Å². The van der Waals surface area contributed by atoms with Gasteiger partial charge in [-0.15, -0.1) is 11.8 Å². The zero-order valence-corrected chi connectivity index (χ0v) is 15.8. The summed E-state index contributed by atoms with van der Waals surface area (Å²) in [6.45, 7) is 1.86. The van der Waals surface area contributed by atoms with E-state index < -0.39 is 10.8 Å². The summed E-state index contributed by atoms with van der Waals surface area (Å²) in [5, 5.41) is 15.1. The topological polar surface area (TPSA) is 94.4 Å². The molecule has 7 nitrogen and oxygen atoms in total. The molecule has 0 unspecified atom stereocenters. The fourth-order valence-corrected chi connectivity index (χ4v) is 3.32. The predicted octanol–water partition coefficient (Wildman–Crippen LogP) is 4.43. The van der Waals surface area contributed by atoms with Crippen LogP contribution in [-0.2, 0) is 0 Å². The van der Waals surface area contributed by atoms with Crippen molar-refractivity contribution in [1.82, 2.24) is 4.98 Å². The quantitative estimate of drug-likeness (QED) is 0.398. The molecule has 0 saturated heterocycles. The molecule has 0 fully saturated rings. The standard InChI is InChI=1S/C19H17N3O4S/c1-11-7-8-12-5-4-6-14(18(12)20-11)21-19(23)13-9-17(27-3)16(26-2)10-15(13)22(24)25/h4-10H,1-3H3,(H,21,23). The normalized spacial score (nSPS) is 10.6. The number of carbonyl (C=O) groups is 1. The first kappa shape index (κ1) is 18.7. The fraction of sp³-hybridized carbons (Fsp3) is 0.158. The molecule has 0 aliphatic carbocycles. The van der Waals surface area contributed by atoms with Crippen molar-refractivity contribution in [2.45, 2.75) is 11.8 Å². The molecule has 0 aliphatic rings. The second-order valence-electron chi connectivity index (χ2n) is 5.77. The number of aryl methyl sites for hydroxylation is 1. The summed E-state index contributed by atoms with van der Waals surface area (Å²) in [5.41, 5.74) is 1.59. The van der Waals surface area contributed by atoms with Crippen molar-refractivity contribution in [3.8, 4) is 5.75 Å². The van der Waals surface area contributed by atoms with Crippen LogP contribution < -0.4 is 10.1 Å². The Morgan fingerprint density at radius 1 is 1.26 bits per heavy atom. The van der Waals surface area contributed by atoms with E-state index in [1.165, 1.54) is 31.0 Å². The number of anilines is 1. The molecule has 1 amide bonds. The van der Waals surface area contributed by atoms with Gasteiger partial charge in [0.05, 0.1) is 34.2 Å². The number of fused-ring (bicyclic) bond motifs is 1. The fourth-order valence-electron chi connectivity index (χ4n) is 2.74. The summed E-state index contributed by atoms with van der Waals surface area (Å²) in [7, 11) is 1.43. The Balaban J connectivity index is 2.07. The van der Waals surface area contributed by atoms with Gasteiger partial charge in [-0.2, -0.15) is 0 Å². The molecule has 3 aromatic rings. The van der Waals surface area contributed by atoms with Crippen LogP contribution in [0.15, 0.2) is 47.4 Å². The Bertz CT molecular complexity index is 1050. The number of nitro benzene ring substituents is 1. The molecule has 8 heteroatoms. The van der Waals surface area contributed by atoms with Crippen molar-refractivity contribution >= 4 is 39.9 Å². The maximum absolute atomic E-state index is 12.8. The van der Waals surface area contributed by atoms with Crippen LogP contribution in [0, 0.1) is 17.0 Å². The van der Waals surface area contributed by atoms with Gasteiger partial charge in [-0.25, -0.2) is 0 Å². The van der Waals surface area contributed by atoms with Crippen LogP contribution in [0.25, 0.3) is 10.9 Å². The maximum Gasteiger partial charge on any atom is 0.285 e. The Morgan fingerprint density at radius 3 is 2.70 bits per heavy atom. The molecule has 0 aliphatic heterocycles. The Labute approximate surface area is 159 Å². The summed E-state index contributed by atoms with van der Waals surface area (Å²) in [6.07, 6.45) is 1.81. The summed E-state index contributed by atoms with van der Waals surface area (Å²) < 4.78 is 5.18. The largest absolute Gasteiger partial charge is 0.495 e. The van der Waals surface area contributed by atoms with Gasteiger partial charge in [0, 0.05) is 11.1 Å². The van der Waals surface area contributed by atoms with E-state index in [1.807, 2.05) is 31.4 Å². The molecule has 1 aromatic heterocycles. The van der Waals surface area contributed by atoms with E-state index in [2.05, 4.69) is 10.3 Å². The van der Waals surface area contributed by atoms with E-state index in [-0.39, 0.29) is 11.3 Å².